The number of aromatic nitrogens is 5. The van der Waals surface area contributed by atoms with E-state index in [0.717, 1.165) is 36.4 Å². The Morgan fingerprint density at radius 3 is 2.57 bits per heavy atom. The van der Waals surface area contributed by atoms with Crippen LogP contribution in [0.25, 0.3) is 34.3 Å². The van der Waals surface area contributed by atoms with Gasteiger partial charge in [-0.05, 0) is 57.2 Å². The van der Waals surface area contributed by atoms with E-state index >= 15 is 0 Å². The molecule has 5 rings (SSSR count). The van der Waals surface area contributed by atoms with E-state index in [4.69, 9.17) is 9.40 Å². The van der Waals surface area contributed by atoms with Crippen molar-refractivity contribution in [1.29, 1.82) is 5.26 Å². The molecule has 0 spiro atoms. The van der Waals surface area contributed by atoms with Gasteiger partial charge in [0, 0.05) is 48.6 Å². The fourth-order valence-electron chi connectivity index (χ4n) is 3.70. The molecule has 35 heavy (non-hydrogen) atoms. The van der Waals surface area contributed by atoms with E-state index in [9.17, 15) is 5.26 Å². The van der Waals surface area contributed by atoms with Gasteiger partial charge in [-0.1, -0.05) is 0 Å². The first kappa shape index (κ1) is 22.6. The number of nitriles is 1. The molecule has 9 nitrogen and oxygen atoms in total. The predicted molar refractivity (Wildman–Crippen MR) is 132 cm³/mol. The van der Waals surface area contributed by atoms with Crippen molar-refractivity contribution in [3.63, 3.8) is 0 Å². The van der Waals surface area contributed by atoms with Gasteiger partial charge in [0.25, 0.3) is 5.89 Å². The molecule has 0 bridgehead atoms. The van der Waals surface area contributed by atoms with Gasteiger partial charge in [-0.2, -0.15) is 5.26 Å². The van der Waals surface area contributed by atoms with Gasteiger partial charge in [-0.25, -0.2) is 4.98 Å². The zero-order valence-electron chi connectivity index (χ0n) is 19.9. The molecular weight excluding hydrogens is 440 g/mol. The van der Waals surface area contributed by atoms with Crippen molar-refractivity contribution in [1.82, 2.24) is 30.5 Å². The second-order valence-corrected chi connectivity index (χ2v) is 9.25. The Labute approximate surface area is 203 Å². The van der Waals surface area contributed by atoms with Crippen LogP contribution in [-0.4, -0.2) is 44.8 Å². The van der Waals surface area contributed by atoms with Crippen LogP contribution in [0.15, 0.2) is 53.2 Å². The molecule has 0 aliphatic carbocycles. The number of benzene rings is 1. The summed E-state index contributed by atoms with van der Waals surface area (Å²) in [7, 11) is 0. The van der Waals surface area contributed by atoms with Gasteiger partial charge in [0.05, 0.1) is 34.8 Å². The van der Waals surface area contributed by atoms with Crippen molar-refractivity contribution < 1.29 is 4.42 Å². The summed E-state index contributed by atoms with van der Waals surface area (Å²) in [6, 6.07) is 13.9. The molecule has 0 saturated carbocycles. The predicted octanol–water partition coefficient (Wildman–Crippen LogP) is 4.00. The van der Waals surface area contributed by atoms with Crippen LogP contribution in [0.3, 0.4) is 0 Å². The van der Waals surface area contributed by atoms with E-state index in [-0.39, 0.29) is 0 Å². The number of nitrogens with one attached hydrogen (secondary N) is 2. The van der Waals surface area contributed by atoms with E-state index in [1.54, 1.807) is 12.4 Å². The molecule has 4 aromatic rings. The summed E-state index contributed by atoms with van der Waals surface area (Å²) >= 11 is 0. The average molecular weight is 467 g/mol. The Bertz CT molecular complexity index is 1380. The Balaban J connectivity index is 1.38. The maximum atomic E-state index is 9.46. The van der Waals surface area contributed by atoms with E-state index in [1.165, 1.54) is 0 Å². The van der Waals surface area contributed by atoms with Gasteiger partial charge in [-0.15, -0.1) is 10.2 Å². The van der Waals surface area contributed by atoms with Gasteiger partial charge < -0.3 is 15.1 Å². The summed E-state index contributed by atoms with van der Waals surface area (Å²) in [5.74, 6) is 1.41. The van der Waals surface area contributed by atoms with Crippen LogP contribution >= 0.6 is 0 Å². The lowest BCUT2D eigenvalue weighted by Crippen LogP contribution is -2.45. The molecule has 1 aromatic carbocycles. The molecule has 9 heteroatoms. The Hall–Kier alpha value is -4.16. The number of hydrogen-bond donors (Lipinski definition) is 2. The van der Waals surface area contributed by atoms with Crippen molar-refractivity contribution >= 4 is 5.69 Å². The largest absolute Gasteiger partial charge is 0.415 e. The van der Waals surface area contributed by atoms with Crippen LogP contribution in [-0.2, 0) is 5.41 Å². The molecule has 0 atom stereocenters. The van der Waals surface area contributed by atoms with Crippen molar-refractivity contribution in [2.75, 3.05) is 25.0 Å². The number of nitrogens with zero attached hydrogens (tertiary/aromatic N) is 6. The maximum Gasteiger partial charge on any atom is 0.268 e. The van der Waals surface area contributed by atoms with E-state index in [2.05, 4.69) is 36.9 Å². The molecule has 1 aliphatic rings. The molecular formula is C26H26N8O. The summed E-state index contributed by atoms with van der Waals surface area (Å²) in [6.07, 6.45) is 3.37. The smallest absolute Gasteiger partial charge is 0.268 e. The lowest BCUT2D eigenvalue weighted by atomic mass is 9.90. The third-order valence-electron chi connectivity index (χ3n) is 6.15. The van der Waals surface area contributed by atoms with Crippen LogP contribution < -0.4 is 10.6 Å². The lowest BCUT2D eigenvalue weighted by molar-refractivity contribution is 0.365. The van der Waals surface area contributed by atoms with Crippen LogP contribution in [0.4, 0.5) is 5.69 Å². The maximum absolute atomic E-state index is 9.46. The van der Waals surface area contributed by atoms with E-state index in [1.807, 2.05) is 57.2 Å². The topological polar surface area (TPSA) is 125 Å². The zero-order chi connectivity index (χ0) is 24.4. The van der Waals surface area contributed by atoms with Crippen LogP contribution in [0.2, 0.25) is 0 Å². The van der Waals surface area contributed by atoms with E-state index in [0.29, 0.717) is 40.5 Å². The fourth-order valence-corrected chi connectivity index (χ4v) is 3.70. The molecule has 0 unspecified atom stereocenters. The molecule has 176 valence electrons. The first-order valence-corrected chi connectivity index (χ1v) is 11.5. The summed E-state index contributed by atoms with van der Waals surface area (Å²) in [5.41, 5.74) is 4.51. The zero-order valence-corrected chi connectivity index (χ0v) is 19.9. The number of rotatable bonds is 7. The third kappa shape index (κ3) is 4.74. The fraction of sp³-hybridized carbons (Fsp3) is 0.308. The van der Waals surface area contributed by atoms with Gasteiger partial charge in [-0.3, -0.25) is 9.97 Å². The Kier molecular flexibility index (Phi) is 5.97. The molecule has 3 aromatic heterocycles. The first-order chi connectivity index (χ1) is 16.9. The Morgan fingerprint density at radius 1 is 1.09 bits per heavy atom. The lowest BCUT2D eigenvalue weighted by Gasteiger charge is -2.27. The summed E-state index contributed by atoms with van der Waals surface area (Å²) in [4.78, 5) is 13.6. The first-order valence-electron chi connectivity index (χ1n) is 11.5. The number of pyridine rings is 1. The van der Waals surface area contributed by atoms with Crippen LogP contribution in [0, 0.1) is 24.2 Å². The number of anilines is 1. The SMILES string of the molecule is Cc1ncc(-c2ccnc(C(C)(C)C#N)c2)nc1-c1nnc(-c2ccc(NCC3CNC3)cc2)o1. The second kappa shape index (κ2) is 9.24. The highest BCUT2D eigenvalue weighted by Crippen LogP contribution is 2.29. The summed E-state index contributed by atoms with van der Waals surface area (Å²) < 4.78 is 5.98. The van der Waals surface area contributed by atoms with Crippen molar-refractivity contribution in [3.8, 4) is 40.4 Å². The molecule has 1 aliphatic heterocycles. The number of hydrogen-bond acceptors (Lipinski definition) is 9. The van der Waals surface area contributed by atoms with E-state index < -0.39 is 5.41 Å². The van der Waals surface area contributed by atoms with Crippen molar-refractivity contribution in [2.24, 2.45) is 5.92 Å². The summed E-state index contributed by atoms with van der Waals surface area (Å²) in [6.45, 7) is 8.61. The number of aryl methyl sites for hydroxylation is 1. The standard InChI is InChI=1S/C26H26N8O/c1-16-23(32-21(14-30-16)19-8-9-29-22(10-19)26(2,3)15-27)25-34-33-24(35-25)18-4-6-20(7-5-18)31-13-17-11-28-12-17/h4-10,14,17,28,31H,11-13H2,1-3H3. The normalized spacial score (nSPS) is 13.8. The van der Waals surface area contributed by atoms with Gasteiger partial charge >= 0.3 is 0 Å². The minimum atomic E-state index is -0.710. The third-order valence-corrected chi connectivity index (χ3v) is 6.15. The highest BCUT2D eigenvalue weighted by molar-refractivity contribution is 5.64. The second-order valence-electron chi connectivity index (χ2n) is 9.25. The molecule has 0 amide bonds. The molecule has 1 saturated heterocycles. The molecule has 4 heterocycles. The average Bonchev–Trinajstić information content (AvgIpc) is 3.34. The van der Waals surface area contributed by atoms with Crippen molar-refractivity contribution in [3.05, 3.63) is 60.2 Å². The molecule has 0 radical (unpaired) electrons. The van der Waals surface area contributed by atoms with Gasteiger partial charge in [0.1, 0.15) is 5.69 Å². The molecule has 1 fully saturated rings. The highest BCUT2D eigenvalue weighted by atomic mass is 16.4. The van der Waals surface area contributed by atoms with Gasteiger partial charge in [0.2, 0.25) is 5.89 Å². The summed E-state index contributed by atoms with van der Waals surface area (Å²) in [5, 5.41) is 24.7. The highest BCUT2D eigenvalue weighted by Gasteiger charge is 2.23. The molecule has 2 N–H and O–H groups in total. The quantitative estimate of drug-likeness (QED) is 0.416. The van der Waals surface area contributed by atoms with Crippen LogP contribution in [0.1, 0.15) is 25.2 Å². The van der Waals surface area contributed by atoms with Crippen molar-refractivity contribution in [2.45, 2.75) is 26.2 Å². The Morgan fingerprint density at radius 2 is 1.86 bits per heavy atom. The monoisotopic (exact) mass is 466 g/mol. The minimum absolute atomic E-state index is 0.304. The minimum Gasteiger partial charge on any atom is -0.415 e. The van der Waals surface area contributed by atoms with Gasteiger partial charge in [0.15, 0.2) is 0 Å². The van der Waals surface area contributed by atoms with Crippen LogP contribution in [0.5, 0.6) is 0 Å².